The third kappa shape index (κ3) is 2.17. The number of rotatable bonds is 3. The van der Waals surface area contributed by atoms with E-state index in [4.69, 9.17) is 11.6 Å². The Hall–Kier alpha value is -1.67. The molecule has 3 rings (SSSR count). The quantitative estimate of drug-likeness (QED) is 0.829. The van der Waals surface area contributed by atoms with Crippen LogP contribution in [0.5, 0.6) is 0 Å². The van der Waals surface area contributed by atoms with Gasteiger partial charge < -0.3 is 0 Å². The van der Waals surface area contributed by atoms with Crippen molar-refractivity contribution in [3.8, 4) is 0 Å². The maximum Gasteiger partial charge on any atom is 0.145 e. The van der Waals surface area contributed by atoms with Crippen LogP contribution in [0.15, 0.2) is 42.5 Å². The van der Waals surface area contributed by atoms with E-state index in [0.717, 1.165) is 12.0 Å². The molecule has 1 nitrogen and oxygen atoms in total. The summed E-state index contributed by atoms with van der Waals surface area (Å²) in [6.07, 6.45) is 0.970. The highest BCUT2D eigenvalue weighted by Crippen LogP contribution is 2.36. The van der Waals surface area contributed by atoms with Crippen LogP contribution >= 0.6 is 11.6 Å². The molecule has 0 N–H and O–H groups in total. The lowest BCUT2D eigenvalue weighted by Crippen LogP contribution is -2.26. The molecule has 0 spiro atoms. The zero-order valence-corrected chi connectivity index (χ0v) is 11.0. The minimum atomic E-state index is -0.471. The summed E-state index contributed by atoms with van der Waals surface area (Å²) in [5.41, 5.74) is 2.89. The van der Waals surface area contributed by atoms with Gasteiger partial charge in [-0.1, -0.05) is 48.0 Å². The normalized spacial score (nSPS) is 16.6. The van der Waals surface area contributed by atoms with Crippen LogP contribution in [-0.2, 0) is 17.6 Å². The molecule has 1 unspecified atom stereocenters. The first-order chi connectivity index (χ1) is 9.16. The van der Waals surface area contributed by atoms with Crippen LogP contribution in [0.4, 0.5) is 4.39 Å². The average molecular weight is 275 g/mol. The monoisotopic (exact) mass is 274 g/mol. The molecule has 0 heterocycles. The van der Waals surface area contributed by atoms with E-state index in [-0.39, 0.29) is 23.1 Å². The molecule has 3 heteroatoms. The highest BCUT2D eigenvalue weighted by molar-refractivity contribution is 6.31. The van der Waals surface area contributed by atoms with Gasteiger partial charge in [-0.2, -0.15) is 0 Å². The molecule has 0 saturated carbocycles. The van der Waals surface area contributed by atoms with Gasteiger partial charge in [0, 0.05) is 12.3 Å². The number of halogens is 2. The van der Waals surface area contributed by atoms with E-state index >= 15 is 0 Å². The zero-order chi connectivity index (χ0) is 13.4. The topological polar surface area (TPSA) is 17.1 Å². The van der Waals surface area contributed by atoms with E-state index in [1.165, 1.54) is 11.6 Å². The third-order valence-corrected chi connectivity index (χ3v) is 4.06. The van der Waals surface area contributed by atoms with Crippen molar-refractivity contribution >= 4 is 17.4 Å². The Morgan fingerprint density at radius 2 is 2.00 bits per heavy atom. The molecular formula is C16H12ClFO. The van der Waals surface area contributed by atoms with Gasteiger partial charge in [0.2, 0.25) is 0 Å². The molecule has 2 aromatic rings. The van der Waals surface area contributed by atoms with E-state index < -0.39 is 5.82 Å². The molecule has 0 radical (unpaired) electrons. The Morgan fingerprint density at radius 3 is 2.79 bits per heavy atom. The fourth-order valence-corrected chi connectivity index (χ4v) is 2.73. The van der Waals surface area contributed by atoms with Gasteiger partial charge in [0.05, 0.1) is 5.02 Å². The summed E-state index contributed by atoms with van der Waals surface area (Å²) in [6.45, 7) is 0. The molecular weight excluding hydrogens is 263 g/mol. The van der Waals surface area contributed by atoms with Gasteiger partial charge in [-0.25, -0.2) is 4.39 Å². The minimum absolute atomic E-state index is 0.0588. The summed E-state index contributed by atoms with van der Waals surface area (Å²) in [5, 5.41) is 0.0588. The highest BCUT2D eigenvalue weighted by Gasteiger charge is 2.31. The van der Waals surface area contributed by atoms with Gasteiger partial charge >= 0.3 is 0 Å². The number of carbonyl (C=O) groups excluding carboxylic acids is 1. The maximum atomic E-state index is 13.3. The van der Waals surface area contributed by atoms with Crippen LogP contribution in [0.3, 0.4) is 0 Å². The Morgan fingerprint density at radius 1 is 1.21 bits per heavy atom. The number of Topliss-reactive ketones (excluding diaryl/α,β-unsaturated/α-hetero) is 1. The standard InChI is InChI=1S/C16H12ClFO/c17-16-11(5-3-7-14(16)18)9-15(19)13-8-10-4-1-2-6-12(10)13/h1-7,13H,8-9H2. The van der Waals surface area contributed by atoms with Crippen LogP contribution < -0.4 is 0 Å². The van der Waals surface area contributed by atoms with Crippen molar-refractivity contribution in [2.24, 2.45) is 0 Å². The Bertz CT molecular complexity index is 651. The summed E-state index contributed by atoms with van der Waals surface area (Å²) >= 11 is 5.88. The third-order valence-electron chi connectivity index (χ3n) is 3.64. The second-order valence-electron chi connectivity index (χ2n) is 4.81. The number of benzene rings is 2. The fourth-order valence-electron chi connectivity index (χ4n) is 2.54. The lowest BCUT2D eigenvalue weighted by molar-refractivity contribution is -0.120. The van der Waals surface area contributed by atoms with Gasteiger partial charge in [-0.15, -0.1) is 0 Å². The number of ketones is 1. The van der Waals surface area contributed by atoms with E-state index in [9.17, 15) is 9.18 Å². The molecule has 0 fully saturated rings. The number of hydrogen-bond acceptors (Lipinski definition) is 1. The molecule has 1 atom stereocenters. The SMILES string of the molecule is O=C(Cc1cccc(F)c1Cl)C1Cc2ccccc21. The van der Waals surface area contributed by atoms with Gasteiger partial charge in [0.25, 0.3) is 0 Å². The second kappa shape index (κ2) is 4.78. The van der Waals surface area contributed by atoms with Crippen molar-refractivity contribution in [3.63, 3.8) is 0 Å². The summed E-state index contributed by atoms with van der Waals surface area (Å²) in [6, 6.07) is 12.5. The molecule has 0 aliphatic heterocycles. The molecule has 1 aliphatic rings. The number of carbonyl (C=O) groups is 1. The van der Waals surface area contributed by atoms with Gasteiger partial charge in [0.15, 0.2) is 0 Å². The lowest BCUT2D eigenvalue weighted by atomic mass is 9.74. The van der Waals surface area contributed by atoms with Crippen molar-refractivity contribution in [2.45, 2.75) is 18.8 Å². The Balaban J connectivity index is 1.79. The van der Waals surface area contributed by atoms with Crippen molar-refractivity contribution in [2.75, 3.05) is 0 Å². The van der Waals surface area contributed by atoms with Crippen molar-refractivity contribution in [3.05, 3.63) is 70.0 Å². The fraction of sp³-hybridized carbons (Fsp3) is 0.188. The van der Waals surface area contributed by atoms with E-state index in [0.29, 0.717) is 5.56 Å². The van der Waals surface area contributed by atoms with Crippen LogP contribution in [0, 0.1) is 5.82 Å². The van der Waals surface area contributed by atoms with Crippen LogP contribution in [-0.4, -0.2) is 5.78 Å². The van der Waals surface area contributed by atoms with Crippen LogP contribution in [0.2, 0.25) is 5.02 Å². The first-order valence-corrected chi connectivity index (χ1v) is 6.58. The minimum Gasteiger partial charge on any atom is -0.299 e. The lowest BCUT2D eigenvalue weighted by Gasteiger charge is -2.28. The number of fused-ring (bicyclic) bond motifs is 1. The Kier molecular flexibility index (Phi) is 3.11. The van der Waals surface area contributed by atoms with Gasteiger partial charge in [-0.05, 0) is 29.2 Å². The molecule has 1 aliphatic carbocycles. The van der Waals surface area contributed by atoms with E-state index in [2.05, 4.69) is 0 Å². The van der Waals surface area contributed by atoms with Gasteiger partial charge in [-0.3, -0.25) is 4.79 Å². The molecule has 0 saturated heterocycles. The van der Waals surface area contributed by atoms with E-state index in [1.54, 1.807) is 12.1 Å². The first-order valence-electron chi connectivity index (χ1n) is 6.20. The smallest absolute Gasteiger partial charge is 0.145 e. The van der Waals surface area contributed by atoms with Crippen LogP contribution in [0.1, 0.15) is 22.6 Å². The molecule has 0 aromatic heterocycles. The van der Waals surface area contributed by atoms with Crippen LogP contribution in [0.25, 0.3) is 0 Å². The summed E-state index contributed by atoms with van der Waals surface area (Å²) in [7, 11) is 0. The average Bonchev–Trinajstić information content (AvgIpc) is 2.36. The van der Waals surface area contributed by atoms with E-state index in [1.807, 2.05) is 24.3 Å². The van der Waals surface area contributed by atoms with Gasteiger partial charge in [0.1, 0.15) is 11.6 Å². The predicted molar refractivity (Wildman–Crippen MR) is 73.0 cm³/mol. The molecule has 0 amide bonds. The van der Waals surface area contributed by atoms with Crippen molar-refractivity contribution < 1.29 is 9.18 Å². The highest BCUT2D eigenvalue weighted by atomic mass is 35.5. The number of hydrogen-bond donors (Lipinski definition) is 0. The zero-order valence-electron chi connectivity index (χ0n) is 10.2. The molecule has 0 bridgehead atoms. The largest absolute Gasteiger partial charge is 0.299 e. The summed E-state index contributed by atoms with van der Waals surface area (Å²) < 4.78 is 13.3. The first kappa shape index (κ1) is 12.4. The summed E-state index contributed by atoms with van der Waals surface area (Å²) in [5.74, 6) is -0.428. The Labute approximate surface area is 116 Å². The summed E-state index contributed by atoms with van der Waals surface area (Å²) in [4.78, 5) is 12.2. The molecule has 2 aromatic carbocycles. The maximum absolute atomic E-state index is 13.3. The van der Waals surface area contributed by atoms with Crippen molar-refractivity contribution in [1.82, 2.24) is 0 Å². The molecule has 19 heavy (non-hydrogen) atoms. The second-order valence-corrected chi connectivity index (χ2v) is 5.19. The predicted octanol–water partition coefficient (Wildman–Crippen LogP) is 3.93. The molecule has 96 valence electrons. The van der Waals surface area contributed by atoms with Crippen molar-refractivity contribution in [1.29, 1.82) is 0 Å².